The quantitative estimate of drug-likeness (QED) is 0.608. The molecule has 0 saturated carbocycles. The molecule has 3 rings (SSSR count). The fourth-order valence-electron chi connectivity index (χ4n) is 3.14. The molecule has 0 spiro atoms. The van der Waals surface area contributed by atoms with Gasteiger partial charge in [0.05, 0.1) is 12.0 Å². The van der Waals surface area contributed by atoms with Crippen molar-refractivity contribution in [2.75, 3.05) is 20.4 Å². The Morgan fingerprint density at radius 2 is 1.68 bits per heavy atom. The number of hydrogen-bond donors (Lipinski definition) is 0. The average Bonchev–Trinajstić information content (AvgIpc) is 2.68. The summed E-state index contributed by atoms with van der Waals surface area (Å²) >= 11 is 0. The minimum Gasteiger partial charge on any atom is -0.496 e. The summed E-state index contributed by atoms with van der Waals surface area (Å²) in [5.41, 5.74) is 4.02. The molecule has 3 aromatic rings. The topological polar surface area (TPSA) is 59.5 Å². The van der Waals surface area contributed by atoms with Crippen LogP contribution < -0.4 is 4.74 Å². The van der Waals surface area contributed by atoms with Crippen molar-refractivity contribution in [2.24, 2.45) is 0 Å². The van der Waals surface area contributed by atoms with Gasteiger partial charge in [-0.2, -0.15) is 0 Å². The van der Waals surface area contributed by atoms with Gasteiger partial charge >= 0.3 is 0 Å². The molecule has 28 heavy (non-hydrogen) atoms. The third kappa shape index (κ3) is 4.97. The Bertz CT molecular complexity index is 1050. The van der Waals surface area contributed by atoms with E-state index in [9.17, 15) is 8.42 Å². The molecule has 0 radical (unpaired) electrons. The Labute approximate surface area is 166 Å². The van der Waals surface area contributed by atoms with E-state index in [1.54, 1.807) is 37.7 Å². The second-order valence-corrected chi connectivity index (χ2v) is 8.88. The molecule has 0 aliphatic heterocycles. The molecule has 1 heterocycles. The lowest BCUT2D eigenvalue weighted by molar-refractivity contribution is 0.319. The summed E-state index contributed by atoms with van der Waals surface area (Å²) in [6, 6.07) is 17.0. The molecule has 1 aromatic heterocycles. The number of methoxy groups -OCH3 is 1. The van der Waals surface area contributed by atoms with Crippen molar-refractivity contribution in [1.82, 2.24) is 9.88 Å². The Morgan fingerprint density at radius 3 is 2.36 bits per heavy atom. The molecular weight excluding hydrogens is 372 g/mol. The Balaban J connectivity index is 1.88. The molecule has 0 unspecified atom stereocenters. The zero-order valence-corrected chi connectivity index (χ0v) is 17.1. The summed E-state index contributed by atoms with van der Waals surface area (Å²) in [6.07, 6.45) is 4.81. The predicted octanol–water partition coefficient (Wildman–Crippen LogP) is 3.79. The Hall–Kier alpha value is -2.70. The minimum atomic E-state index is -3.27. The van der Waals surface area contributed by atoms with Gasteiger partial charge in [0, 0.05) is 37.3 Å². The van der Waals surface area contributed by atoms with Gasteiger partial charge in [-0.3, -0.25) is 9.88 Å². The first-order valence-electron chi connectivity index (χ1n) is 8.91. The fraction of sp³-hybridized carbons (Fsp3) is 0.227. The van der Waals surface area contributed by atoms with Gasteiger partial charge in [-0.25, -0.2) is 8.42 Å². The van der Waals surface area contributed by atoms with Crippen molar-refractivity contribution < 1.29 is 13.2 Å². The van der Waals surface area contributed by atoms with E-state index < -0.39 is 9.84 Å². The van der Waals surface area contributed by atoms with Gasteiger partial charge in [0.25, 0.3) is 0 Å². The van der Waals surface area contributed by atoms with Crippen LogP contribution in [0, 0.1) is 0 Å². The first kappa shape index (κ1) is 20.0. The van der Waals surface area contributed by atoms with Gasteiger partial charge < -0.3 is 4.74 Å². The van der Waals surface area contributed by atoms with Crippen molar-refractivity contribution in [2.45, 2.75) is 18.0 Å². The van der Waals surface area contributed by atoms with Crippen LogP contribution in [0.25, 0.3) is 11.1 Å². The number of aromatic nitrogens is 1. The maximum atomic E-state index is 11.9. The Morgan fingerprint density at radius 1 is 0.964 bits per heavy atom. The molecule has 0 saturated heterocycles. The highest BCUT2D eigenvalue weighted by molar-refractivity contribution is 7.90. The number of nitrogens with zero attached hydrogens (tertiary/aromatic N) is 2. The molecule has 6 heteroatoms. The number of rotatable bonds is 7. The molecule has 0 aliphatic carbocycles. The number of sulfone groups is 1. The number of hydrogen-bond acceptors (Lipinski definition) is 5. The average molecular weight is 397 g/mol. The van der Waals surface area contributed by atoms with Gasteiger partial charge in [0.1, 0.15) is 5.75 Å². The van der Waals surface area contributed by atoms with Crippen LogP contribution in [0.2, 0.25) is 0 Å². The number of pyridine rings is 1. The number of benzene rings is 2. The van der Waals surface area contributed by atoms with E-state index >= 15 is 0 Å². The van der Waals surface area contributed by atoms with Crippen LogP contribution in [0.1, 0.15) is 11.1 Å². The molecule has 0 bridgehead atoms. The van der Waals surface area contributed by atoms with Gasteiger partial charge in [-0.15, -0.1) is 0 Å². The maximum absolute atomic E-state index is 11.9. The molecule has 0 fully saturated rings. The second-order valence-electron chi connectivity index (χ2n) is 6.86. The molecule has 2 aromatic carbocycles. The largest absolute Gasteiger partial charge is 0.496 e. The second kappa shape index (κ2) is 8.54. The third-order valence-electron chi connectivity index (χ3n) is 4.49. The molecule has 0 amide bonds. The van der Waals surface area contributed by atoms with E-state index in [1.807, 2.05) is 30.3 Å². The normalized spacial score (nSPS) is 11.6. The zero-order valence-electron chi connectivity index (χ0n) is 16.3. The maximum Gasteiger partial charge on any atom is 0.175 e. The summed E-state index contributed by atoms with van der Waals surface area (Å²) in [6.45, 7) is 1.57. The molecule has 0 N–H and O–H groups in total. The smallest absolute Gasteiger partial charge is 0.175 e. The van der Waals surface area contributed by atoms with E-state index in [2.05, 4.69) is 23.0 Å². The summed E-state index contributed by atoms with van der Waals surface area (Å²) < 4.78 is 29.3. The summed E-state index contributed by atoms with van der Waals surface area (Å²) in [4.78, 5) is 6.56. The predicted molar refractivity (Wildman–Crippen MR) is 111 cm³/mol. The van der Waals surface area contributed by atoms with Crippen LogP contribution in [-0.2, 0) is 22.9 Å². The summed E-state index contributed by atoms with van der Waals surface area (Å²) in [7, 11) is 0.413. The fourth-order valence-corrected chi connectivity index (χ4v) is 3.81. The Kier molecular flexibility index (Phi) is 6.11. The zero-order chi connectivity index (χ0) is 20.1. The lowest BCUT2D eigenvalue weighted by atomic mass is 10.0. The highest BCUT2D eigenvalue weighted by Gasteiger charge is 2.12. The molecule has 5 nitrogen and oxygen atoms in total. The SMILES string of the molecule is COc1ccc(CN(C)Cc2ccncc2)cc1-c1cccc(S(C)(=O)=O)c1. The standard InChI is InChI=1S/C22H24N2O3S/c1-24(15-17-9-11-23-12-10-17)16-18-7-8-22(27-2)21(13-18)19-5-4-6-20(14-19)28(3,25)26/h4-14H,15-16H2,1-3H3. The van der Waals surface area contributed by atoms with Crippen LogP contribution in [0.4, 0.5) is 0 Å². The lowest BCUT2D eigenvalue weighted by Crippen LogP contribution is -2.17. The van der Waals surface area contributed by atoms with Gasteiger partial charge in [-0.1, -0.05) is 18.2 Å². The first-order chi connectivity index (χ1) is 13.4. The van der Waals surface area contributed by atoms with E-state index in [-0.39, 0.29) is 0 Å². The van der Waals surface area contributed by atoms with Crippen LogP contribution in [-0.4, -0.2) is 38.7 Å². The highest BCUT2D eigenvalue weighted by Crippen LogP contribution is 2.32. The van der Waals surface area contributed by atoms with E-state index in [1.165, 1.54) is 11.8 Å². The van der Waals surface area contributed by atoms with Crippen LogP contribution in [0.5, 0.6) is 5.75 Å². The first-order valence-corrected chi connectivity index (χ1v) is 10.8. The van der Waals surface area contributed by atoms with E-state index in [4.69, 9.17) is 4.74 Å². The minimum absolute atomic E-state index is 0.298. The lowest BCUT2D eigenvalue weighted by Gasteiger charge is -2.18. The number of ether oxygens (including phenoxy) is 1. The van der Waals surface area contributed by atoms with Crippen LogP contribution >= 0.6 is 0 Å². The molecular formula is C22H24N2O3S. The molecule has 0 atom stereocenters. The van der Waals surface area contributed by atoms with Gasteiger partial charge in [0.2, 0.25) is 0 Å². The van der Waals surface area contributed by atoms with Crippen molar-refractivity contribution in [3.63, 3.8) is 0 Å². The molecule has 146 valence electrons. The van der Waals surface area contributed by atoms with E-state index in [0.29, 0.717) is 10.6 Å². The van der Waals surface area contributed by atoms with Gasteiger partial charge in [-0.05, 0) is 60.1 Å². The van der Waals surface area contributed by atoms with E-state index in [0.717, 1.165) is 29.8 Å². The third-order valence-corrected chi connectivity index (χ3v) is 5.60. The van der Waals surface area contributed by atoms with Crippen molar-refractivity contribution in [1.29, 1.82) is 0 Å². The van der Waals surface area contributed by atoms with Crippen LogP contribution in [0.15, 0.2) is 71.9 Å². The van der Waals surface area contributed by atoms with Gasteiger partial charge in [0.15, 0.2) is 9.84 Å². The van der Waals surface area contributed by atoms with Crippen LogP contribution in [0.3, 0.4) is 0 Å². The monoisotopic (exact) mass is 396 g/mol. The molecule has 0 aliphatic rings. The van der Waals surface area contributed by atoms with Crippen molar-refractivity contribution >= 4 is 9.84 Å². The van der Waals surface area contributed by atoms with Crippen molar-refractivity contribution in [3.05, 3.63) is 78.1 Å². The highest BCUT2D eigenvalue weighted by atomic mass is 32.2. The summed E-state index contributed by atoms with van der Waals surface area (Å²) in [5, 5.41) is 0. The summed E-state index contributed by atoms with van der Waals surface area (Å²) in [5.74, 6) is 0.714. The van der Waals surface area contributed by atoms with Crippen molar-refractivity contribution in [3.8, 4) is 16.9 Å².